The summed E-state index contributed by atoms with van der Waals surface area (Å²) in [5.41, 5.74) is 16.4. The molecule has 12 heteroatoms. The van der Waals surface area contributed by atoms with E-state index in [0.717, 1.165) is 97.6 Å². The van der Waals surface area contributed by atoms with Gasteiger partial charge in [0.05, 0.1) is 24.0 Å². The molecular formula is C22H40N10S2. The number of aryl methyl sites for hydroxylation is 2. The minimum absolute atomic E-state index is 0.526. The van der Waals surface area contributed by atoms with Crippen LogP contribution in [-0.2, 0) is 11.5 Å². The second-order valence-corrected chi connectivity index (χ2v) is 10.1. The van der Waals surface area contributed by atoms with Gasteiger partial charge in [0, 0.05) is 60.6 Å². The van der Waals surface area contributed by atoms with Gasteiger partial charge in [-0.25, -0.2) is 9.97 Å². The molecule has 2 aromatic rings. The number of aromatic amines is 2. The van der Waals surface area contributed by atoms with Gasteiger partial charge in [-0.3, -0.25) is 9.98 Å². The molecule has 0 aliphatic heterocycles. The number of aromatic nitrogens is 4. The van der Waals surface area contributed by atoms with E-state index in [1.165, 1.54) is 0 Å². The van der Waals surface area contributed by atoms with Crippen molar-refractivity contribution in [2.75, 3.05) is 37.7 Å². The lowest BCUT2D eigenvalue weighted by Crippen LogP contribution is -2.33. The molecule has 2 rings (SSSR count). The second-order valence-electron chi connectivity index (χ2n) is 7.86. The first-order valence-electron chi connectivity index (χ1n) is 11.8. The van der Waals surface area contributed by atoms with Gasteiger partial charge >= 0.3 is 0 Å². The van der Waals surface area contributed by atoms with E-state index in [-0.39, 0.29) is 0 Å². The van der Waals surface area contributed by atoms with Gasteiger partial charge in [0.25, 0.3) is 0 Å². The van der Waals surface area contributed by atoms with E-state index in [4.69, 9.17) is 11.5 Å². The molecule has 2 aromatic heterocycles. The van der Waals surface area contributed by atoms with Gasteiger partial charge in [-0.05, 0) is 26.7 Å². The van der Waals surface area contributed by atoms with Crippen LogP contribution in [0.1, 0.15) is 48.5 Å². The molecule has 0 aliphatic carbocycles. The number of thioether (sulfide) groups is 2. The van der Waals surface area contributed by atoms with Gasteiger partial charge in [0.15, 0.2) is 11.9 Å². The molecule has 34 heavy (non-hydrogen) atoms. The highest BCUT2D eigenvalue weighted by Crippen LogP contribution is 2.12. The summed E-state index contributed by atoms with van der Waals surface area (Å²) in [6, 6.07) is 0. The van der Waals surface area contributed by atoms with E-state index in [0.29, 0.717) is 11.9 Å². The number of nitrogens with zero attached hydrogens (tertiary/aromatic N) is 4. The van der Waals surface area contributed by atoms with Crippen LogP contribution in [0.2, 0.25) is 0 Å². The molecule has 0 aromatic carbocycles. The molecule has 0 bridgehead atoms. The summed E-state index contributed by atoms with van der Waals surface area (Å²) in [4.78, 5) is 23.6. The Labute approximate surface area is 211 Å². The number of hydrogen-bond donors (Lipinski definition) is 6. The first kappa shape index (κ1) is 27.9. The number of unbranched alkanes of at least 4 members (excludes halogenated alkanes) is 3. The van der Waals surface area contributed by atoms with Crippen LogP contribution in [-0.4, -0.2) is 69.5 Å². The number of nitrogens with two attached hydrogens (primary N) is 2. The summed E-state index contributed by atoms with van der Waals surface area (Å²) in [6.07, 6.45) is 7.76. The summed E-state index contributed by atoms with van der Waals surface area (Å²) in [5, 5.41) is 6.34. The van der Waals surface area contributed by atoms with Gasteiger partial charge in [0.2, 0.25) is 0 Å². The van der Waals surface area contributed by atoms with Crippen molar-refractivity contribution in [2.45, 2.75) is 51.0 Å². The van der Waals surface area contributed by atoms with Crippen molar-refractivity contribution in [3.8, 4) is 0 Å². The highest BCUT2D eigenvalue weighted by atomic mass is 32.2. The fraction of sp³-hybridized carbons (Fsp3) is 0.636. The van der Waals surface area contributed by atoms with E-state index in [1.807, 2.05) is 37.4 Å². The zero-order valence-electron chi connectivity index (χ0n) is 20.4. The van der Waals surface area contributed by atoms with Crippen molar-refractivity contribution in [1.82, 2.24) is 30.6 Å². The molecule has 0 amide bonds. The van der Waals surface area contributed by atoms with Gasteiger partial charge in [-0.2, -0.15) is 23.5 Å². The van der Waals surface area contributed by atoms with Gasteiger partial charge in [-0.15, -0.1) is 0 Å². The molecule has 0 atom stereocenters. The monoisotopic (exact) mass is 508 g/mol. The zero-order valence-corrected chi connectivity index (χ0v) is 22.0. The topological polar surface area (TPSA) is 158 Å². The Bertz CT molecular complexity index is 791. The fourth-order valence-corrected chi connectivity index (χ4v) is 4.74. The van der Waals surface area contributed by atoms with Crippen molar-refractivity contribution in [3.63, 3.8) is 0 Å². The quantitative estimate of drug-likeness (QED) is 0.108. The average molecular weight is 509 g/mol. The lowest BCUT2D eigenvalue weighted by atomic mass is 10.2. The Kier molecular flexibility index (Phi) is 14.1. The first-order valence-corrected chi connectivity index (χ1v) is 14.1. The molecule has 0 spiro atoms. The minimum atomic E-state index is 0.526. The van der Waals surface area contributed by atoms with Crippen LogP contribution in [0.15, 0.2) is 22.6 Å². The second kappa shape index (κ2) is 17.1. The molecule has 10 nitrogen and oxygen atoms in total. The predicted molar refractivity (Wildman–Crippen MR) is 146 cm³/mol. The highest BCUT2D eigenvalue weighted by molar-refractivity contribution is 7.98. The Morgan fingerprint density at radius 2 is 1.24 bits per heavy atom. The van der Waals surface area contributed by atoms with Crippen molar-refractivity contribution in [2.24, 2.45) is 21.5 Å². The van der Waals surface area contributed by atoms with Gasteiger partial charge in [0.1, 0.15) is 0 Å². The molecule has 2 heterocycles. The maximum absolute atomic E-state index is 5.93. The summed E-state index contributed by atoms with van der Waals surface area (Å²) in [7, 11) is 0. The molecular weight excluding hydrogens is 468 g/mol. The molecule has 0 saturated heterocycles. The molecule has 0 unspecified atom stereocenters. The summed E-state index contributed by atoms with van der Waals surface area (Å²) < 4.78 is 0. The van der Waals surface area contributed by atoms with Crippen molar-refractivity contribution in [1.29, 1.82) is 0 Å². The Hall–Kier alpha value is -2.34. The molecule has 0 radical (unpaired) electrons. The van der Waals surface area contributed by atoms with E-state index in [1.54, 1.807) is 12.7 Å². The maximum Gasteiger partial charge on any atom is 0.188 e. The third-order valence-corrected chi connectivity index (χ3v) is 7.02. The van der Waals surface area contributed by atoms with E-state index in [9.17, 15) is 0 Å². The Morgan fingerprint density at radius 1 is 0.794 bits per heavy atom. The van der Waals surface area contributed by atoms with Crippen LogP contribution < -0.4 is 22.1 Å². The standard InChI is InChI=1S/C22H40N10S2/c1-17-19(31-15-29-17)13-33-11-9-27-21(23)25-7-5-3-4-6-8-26-22(24)28-10-12-34-14-20-18(2)30-16-32-20/h15-16H,3-14H2,1-2H3,(H,29,31)(H,30,32)(H3,23,25,27)(H3,24,26,28). The first-order chi connectivity index (χ1) is 16.6. The fourth-order valence-electron chi connectivity index (χ4n) is 2.99. The Morgan fingerprint density at radius 3 is 1.62 bits per heavy atom. The van der Waals surface area contributed by atoms with E-state index < -0.39 is 0 Å². The van der Waals surface area contributed by atoms with Gasteiger partial charge < -0.3 is 32.1 Å². The number of rotatable bonds is 17. The Balaban J connectivity index is 1.37. The van der Waals surface area contributed by atoms with E-state index in [2.05, 4.69) is 40.6 Å². The van der Waals surface area contributed by atoms with Crippen LogP contribution in [0.25, 0.3) is 0 Å². The number of aliphatic imine (C=N–C) groups is 2. The summed E-state index contributed by atoms with van der Waals surface area (Å²) >= 11 is 3.66. The van der Waals surface area contributed by atoms with Gasteiger partial charge in [-0.1, -0.05) is 12.8 Å². The zero-order chi connectivity index (χ0) is 24.4. The largest absolute Gasteiger partial charge is 0.370 e. The van der Waals surface area contributed by atoms with Crippen LogP contribution in [0.3, 0.4) is 0 Å². The third kappa shape index (κ3) is 12.2. The van der Waals surface area contributed by atoms with Crippen LogP contribution in [0.4, 0.5) is 0 Å². The molecule has 0 fully saturated rings. The molecule has 0 saturated carbocycles. The molecule has 8 N–H and O–H groups in total. The average Bonchev–Trinajstić information content (AvgIpc) is 3.42. The number of hydrogen-bond acceptors (Lipinski definition) is 6. The lowest BCUT2D eigenvalue weighted by molar-refractivity contribution is 0.651. The summed E-state index contributed by atoms with van der Waals surface area (Å²) in [5.74, 6) is 4.79. The SMILES string of the molecule is Cc1[nH]cnc1CSCCNC(N)=NCCCCCCN=C(N)NCCSCc1nc[nH]c1C. The number of guanidine groups is 2. The van der Waals surface area contributed by atoms with Crippen LogP contribution in [0.5, 0.6) is 0 Å². The van der Waals surface area contributed by atoms with E-state index >= 15 is 0 Å². The smallest absolute Gasteiger partial charge is 0.188 e. The van der Waals surface area contributed by atoms with Crippen molar-refractivity contribution in [3.05, 3.63) is 35.4 Å². The third-order valence-electron chi connectivity index (χ3n) is 5.08. The minimum Gasteiger partial charge on any atom is -0.370 e. The lowest BCUT2D eigenvalue weighted by Gasteiger charge is -2.06. The number of nitrogens with one attached hydrogen (secondary N) is 4. The van der Waals surface area contributed by atoms with Crippen LogP contribution in [0, 0.1) is 13.8 Å². The summed E-state index contributed by atoms with van der Waals surface area (Å²) in [6.45, 7) is 7.19. The molecule has 0 aliphatic rings. The molecule has 190 valence electrons. The van der Waals surface area contributed by atoms with Crippen molar-refractivity contribution < 1.29 is 0 Å². The predicted octanol–water partition coefficient (Wildman–Crippen LogP) is 2.29. The highest BCUT2D eigenvalue weighted by Gasteiger charge is 2.02. The van der Waals surface area contributed by atoms with Crippen LogP contribution >= 0.6 is 23.5 Å². The van der Waals surface area contributed by atoms with Crippen molar-refractivity contribution >= 4 is 35.4 Å². The normalized spacial score (nSPS) is 12.3. The number of imidazole rings is 2. The maximum atomic E-state index is 5.93. The number of H-pyrrole nitrogens is 2.